The molecule has 0 aromatic carbocycles. The van der Waals surface area contributed by atoms with Gasteiger partial charge in [-0.1, -0.05) is 34.4 Å². The highest BCUT2D eigenvalue weighted by Gasteiger charge is 2.15. The molecule has 1 heterocycles. The minimum atomic E-state index is 0.870. The molecular formula is C10H20NS2. The van der Waals surface area contributed by atoms with Crippen LogP contribution in [0.3, 0.4) is 0 Å². The molecule has 3 heteroatoms. The molecule has 1 fully saturated rings. The first-order valence-corrected chi connectivity index (χ1v) is 7.60. The summed E-state index contributed by atoms with van der Waals surface area (Å²) in [7, 11) is 4.15. The van der Waals surface area contributed by atoms with Crippen LogP contribution in [0.25, 0.3) is 0 Å². The summed E-state index contributed by atoms with van der Waals surface area (Å²) in [6, 6.07) is 0. The van der Waals surface area contributed by atoms with Gasteiger partial charge >= 0.3 is 0 Å². The van der Waals surface area contributed by atoms with E-state index in [1.54, 1.807) is 0 Å². The zero-order valence-corrected chi connectivity index (χ0v) is 9.89. The second-order valence-electron chi connectivity index (χ2n) is 3.43. The number of nitrogens with one attached hydrogen (secondary N) is 1. The summed E-state index contributed by atoms with van der Waals surface area (Å²) in [5, 5.41) is 4.22. The standard InChI is InChI=1S/C10H20NS2/c1-2-11-8-5-3-4-6-10-7-9-12-13-10/h10-11H,1-9H2. The molecule has 0 amide bonds. The average molecular weight is 218 g/mol. The number of hydrogen-bond donors (Lipinski definition) is 1. The van der Waals surface area contributed by atoms with Crippen molar-refractivity contribution >= 4 is 21.6 Å². The molecule has 1 saturated heterocycles. The second-order valence-corrected chi connectivity index (χ2v) is 6.22. The van der Waals surface area contributed by atoms with Crippen LogP contribution in [0.4, 0.5) is 0 Å². The Morgan fingerprint density at radius 2 is 2.23 bits per heavy atom. The van der Waals surface area contributed by atoms with Crippen LogP contribution >= 0.6 is 21.6 Å². The lowest BCUT2D eigenvalue weighted by Crippen LogP contribution is -2.14. The molecule has 1 aliphatic heterocycles. The van der Waals surface area contributed by atoms with Crippen LogP contribution < -0.4 is 5.32 Å². The lowest BCUT2D eigenvalue weighted by molar-refractivity contribution is 0.594. The molecule has 1 atom stereocenters. The van der Waals surface area contributed by atoms with Crippen molar-refractivity contribution in [3.05, 3.63) is 6.92 Å². The Kier molecular flexibility index (Phi) is 7.23. The average Bonchev–Trinajstić information content (AvgIpc) is 2.63. The van der Waals surface area contributed by atoms with E-state index in [4.69, 9.17) is 0 Å². The fraction of sp³-hybridized carbons (Fsp3) is 0.900. The first kappa shape index (κ1) is 11.7. The largest absolute Gasteiger partial charge is 0.317 e. The summed E-state index contributed by atoms with van der Waals surface area (Å²) in [6.45, 7) is 5.77. The first-order valence-electron chi connectivity index (χ1n) is 5.21. The van der Waals surface area contributed by atoms with Gasteiger partial charge < -0.3 is 5.32 Å². The van der Waals surface area contributed by atoms with Crippen molar-refractivity contribution in [3.8, 4) is 0 Å². The van der Waals surface area contributed by atoms with Gasteiger partial charge in [-0.25, -0.2) is 0 Å². The smallest absolute Gasteiger partial charge is 0.0159 e. The van der Waals surface area contributed by atoms with E-state index in [9.17, 15) is 0 Å². The summed E-state index contributed by atoms with van der Waals surface area (Å²) in [6.07, 6.45) is 6.99. The number of rotatable bonds is 7. The Balaban J connectivity index is 1.78. The van der Waals surface area contributed by atoms with Gasteiger partial charge in [-0.05, 0) is 39.3 Å². The van der Waals surface area contributed by atoms with Crippen LogP contribution in [0.1, 0.15) is 32.1 Å². The maximum atomic E-state index is 3.75. The molecule has 1 radical (unpaired) electrons. The molecule has 1 nitrogen and oxygen atoms in total. The fourth-order valence-electron chi connectivity index (χ4n) is 1.49. The molecule has 13 heavy (non-hydrogen) atoms. The van der Waals surface area contributed by atoms with Crippen molar-refractivity contribution in [1.29, 1.82) is 0 Å². The highest BCUT2D eigenvalue weighted by molar-refractivity contribution is 8.77. The van der Waals surface area contributed by atoms with Gasteiger partial charge in [-0.15, -0.1) is 0 Å². The minimum Gasteiger partial charge on any atom is -0.317 e. The quantitative estimate of drug-likeness (QED) is 0.521. The lowest BCUT2D eigenvalue weighted by Gasteiger charge is -2.06. The van der Waals surface area contributed by atoms with E-state index < -0.39 is 0 Å². The van der Waals surface area contributed by atoms with Gasteiger partial charge in [0.25, 0.3) is 0 Å². The topological polar surface area (TPSA) is 12.0 Å². The molecule has 0 aliphatic carbocycles. The van der Waals surface area contributed by atoms with Crippen LogP contribution in [0, 0.1) is 6.92 Å². The van der Waals surface area contributed by atoms with Gasteiger partial charge in [0, 0.05) is 11.0 Å². The van der Waals surface area contributed by atoms with Crippen LogP contribution in [-0.2, 0) is 0 Å². The monoisotopic (exact) mass is 218 g/mol. The Hall–Kier alpha value is 0.660. The maximum Gasteiger partial charge on any atom is 0.0159 e. The van der Waals surface area contributed by atoms with Crippen molar-refractivity contribution in [1.82, 2.24) is 5.32 Å². The third-order valence-corrected chi connectivity index (χ3v) is 5.29. The Labute approximate surface area is 90.2 Å². The number of unbranched alkanes of at least 4 members (excludes halogenated alkanes) is 2. The van der Waals surface area contributed by atoms with Crippen molar-refractivity contribution in [3.63, 3.8) is 0 Å². The van der Waals surface area contributed by atoms with Crippen LogP contribution in [0.2, 0.25) is 0 Å². The summed E-state index contributed by atoms with van der Waals surface area (Å²) < 4.78 is 0. The highest BCUT2D eigenvalue weighted by atomic mass is 33.1. The van der Waals surface area contributed by atoms with Gasteiger partial charge in [0.05, 0.1) is 0 Å². The van der Waals surface area contributed by atoms with E-state index in [1.807, 2.05) is 0 Å². The molecule has 0 spiro atoms. The molecular weight excluding hydrogens is 198 g/mol. The normalized spacial score (nSPS) is 22.4. The van der Waals surface area contributed by atoms with Gasteiger partial charge in [0.15, 0.2) is 0 Å². The van der Waals surface area contributed by atoms with E-state index in [0.717, 1.165) is 18.3 Å². The summed E-state index contributed by atoms with van der Waals surface area (Å²) in [4.78, 5) is 0. The summed E-state index contributed by atoms with van der Waals surface area (Å²) in [5.74, 6) is 1.37. The van der Waals surface area contributed by atoms with E-state index in [1.165, 1.54) is 37.9 Å². The third-order valence-electron chi connectivity index (χ3n) is 2.28. The molecule has 0 aromatic heterocycles. The lowest BCUT2D eigenvalue weighted by atomic mass is 10.1. The van der Waals surface area contributed by atoms with Crippen molar-refractivity contribution in [2.24, 2.45) is 0 Å². The van der Waals surface area contributed by atoms with Crippen LogP contribution in [0.5, 0.6) is 0 Å². The first-order chi connectivity index (χ1) is 6.43. The van der Waals surface area contributed by atoms with Crippen molar-refractivity contribution in [2.75, 3.05) is 18.8 Å². The Bertz CT molecular complexity index is 113. The summed E-state index contributed by atoms with van der Waals surface area (Å²) in [5.41, 5.74) is 0. The molecule has 0 saturated carbocycles. The molecule has 0 aromatic rings. The van der Waals surface area contributed by atoms with E-state index >= 15 is 0 Å². The molecule has 1 N–H and O–H groups in total. The predicted molar refractivity (Wildman–Crippen MR) is 65.1 cm³/mol. The Morgan fingerprint density at radius 3 is 2.92 bits per heavy atom. The van der Waals surface area contributed by atoms with E-state index in [0.29, 0.717) is 0 Å². The zero-order chi connectivity index (χ0) is 9.36. The zero-order valence-electron chi connectivity index (χ0n) is 8.26. The molecule has 1 unspecified atom stereocenters. The van der Waals surface area contributed by atoms with E-state index in [-0.39, 0.29) is 0 Å². The van der Waals surface area contributed by atoms with Crippen LogP contribution in [0.15, 0.2) is 0 Å². The van der Waals surface area contributed by atoms with Crippen LogP contribution in [-0.4, -0.2) is 24.1 Å². The molecule has 1 rings (SSSR count). The van der Waals surface area contributed by atoms with Gasteiger partial charge in [-0.2, -0.15) is 0 Å². The summed E-state index contributed by atoms with van der Waals surface area (Å²) >= 11 is 0. The highest BCUT2D eigenvalue weighted by Crippen LogP contribution is 2.39. The van der Waals surface area contributed by atoms with Crippen molar-refractivity contribution < 1.29 is 0 Å². The van der Waals surface area contributed by atoms with Gasteiger partial charge in [0.2, 0.25) is 0 Å². The SMILES string of the molecule is [CH2]CNCCCCCC1CCSS1. The van der Waals surface area contributed by atoms with Crippen molar-refractivity contribution in [2.45, 2.75) is 37.4 Å². The molecule has 1 aliphatic rings. The maximum absolute atomic E-state index is 3.75. The fourth-order valence-corrected chi connectivity index (χ4v) is 4.52. The Morgan fingerprint density at radius 1 is 1.31 bits per heavy atom. The second kappa shape index (κ2) is 8.01. The van der Waals surface area contributed by atoms with E-state index in [2.05, 4.69) is 33.8 Å². The van der Waals surface area contributed by atoms with Gasteiger partial charge in [-0.3, -0.25) is 0 Å². The minimum absolute atomic E-state index is 0.870. The number of hydrogen-bond acceptors (Lipinski definition) is 3. The molecule has 77 valence electrons. The third kappa shape index (κ3) is 5.87. The predicted octanol–water partition coefficient (Wildman–Crippen LogP) is 3.12. The molecule has 0 bridgehead atoms. The van der Waals surface area contributed by atoms with Gasteiger partial charge in [0.1, 0.15) is 0 Å².